The first-order chi connectivity index (χ1) is 9.11. The standard InChI is InChI=1S/C14H16BrNO3/c1-2-19-14(18)7-10-5-3-4-6-12(10)16-9-11(15)8-13(16)17/h3-6,11H,2,7-9H2,1H3. The molecule has 0 spiro atoms. The predicted molar refractivity (Wildman–Crippen MR) is 76.5 cm³/mol. The van der Waals surface area contributed by atoms with Crippen LogP contribution in [-0.4, -0.2) is 29.9 Å². The molecule has 0 N–H and O–H groups in total. The summed E-state index contributed by atoms with van der Waals surface area (Å²) < 4.78 is 4.96. The van der Waals surface area contributed by atoms with Gasteiger partial charge in [-0.3, -0.25) is 9.59 Å². The van der Waals surface area contributed by atoms with Crippen LogP contribution in [0.1, 0.15) is 18.9 Å². The molecule has 2 rings (SSSR count). The van der Waals surface area contributed by atoms with E-state index in [0.29, 0.717) is 19.6 Å². The zero-order valence-corrected chi connectivity index (χ0v) is 12.4. The maximum atomic E-state index is 11.9. The highest BCUT2D eigenvalue weighted by Gasteiger charge is 2.30. The molecule has 1 heterocycles. The lowest BCUT2D eigenvalue weighted by Crippen LogP contribution is -2.26. The van der Waals surface area contributed by atoms with Gasteiger partial charge in [-0.2, -0.15) is 0 Å². The molecule has 0 aromatic heterocycles. The minimum Gasteiger partial charge on any atom is -0.466 e. The van der Waals surface area contributed by atoms with Gasteiger partial charge in [0.25, 0.3) is 0 Å². The van der Waals surface area contributed by atoms with Crippen LogP contribution in [0.4, 0.5) is 5.69 Å². The van der Waals surface area contributed by atoms with Crippen LogP contribution < -0.4 is 4.90 Å². The monoisotopic (exact) mass is 325 g/mol. The zero-order valence-electron chi connectivity index (χ0n) is 10.8. The third-order valence-corrected chi connectivity index (χ3v) is 3.61. The second-order valence-corrected chi connectivity index (χ2v) is 5.71. The Labute approximate surface area is 120 Å². The van der Waals surface area contributed by atoms with Crippen molar-refractivity contribution in [1.82, 2.24) is 0 Å². The van der Waals surface area contributed by atoms with E-state index < -0.39 is 0 Å². The SMILES string of the molecule is CCOC(=O)Cc1ccccc1N1CC(Br)CC1=O. The second-order valence-electron chi connectivity index (χ2n) is 4.42. The number of rotatable bonds is 4. The summed E-state index contributed by atoms with van der Waals surface area (Å²) >= 11 is 3.46. The van der Waals surface area contributed by atoms with Gasteiger partial charge >= 0.3 is 5.97 Å². The predicted octanol–water partition coefficient (Wildman–Crippen LogP) is 2.29. The number of ether oxygens (including phenoxy) is 1. The quantitative estimate of drug-likeness (QED) is 0.630. The number of amides is 1. The summed E-state index contributed by atoms with van der Waals surface area (Å²) in [4.78, 5) is 25.4. The first kappa shape index (κ1) is 14.1. The van der Waals surface area contributed by atoms with E-state index in [0.717, 1.165) is 11.3 Å². The molecular weight excluding hydrogens is 310 g/mol. The van der Waals surface area contributed by atoms with E-state index >= 15 is 0 Å². The highest BCUT2D eigenvalue weighted by atomic mass is 79.9. The Bertz CT molecular complexity index is 489. The molecule has 0 radical (unpaired) electrons. The van der Waals surface area contributed by atoms with Gasteiger partial charge in [0.05, 0.1) is 13.0 Å². The van der Waals surface area contributed by atoms with Crippen LogP contribution in [0.15, 0.2) is 24.3 Å². The van der Waals surface area contributed by atoms with Crippen molar-refractivity contribution < 1.29 is 14.3 Å². The third-order valence-electron chi connectivity index (χ3n) is 3.00. The van der Waals surface area contributed by atoms with E-state index in [9.17, 15) is 9.59 Å². The Balaban J connectivity index is 2.21. The molecule has 1 aromatic carbocycles. The number of hydrogen-bond donors (Lipinski definition) is 0. The van der Waals surface area contributed by atoms with Crippen molar-refractivity contribution in [3.63, 3.8) is 0 Å². The van der Waals surface area contributed by atoms with Crippen molar-refractivity contribution in [3.8, 4) is 0 Å². The Morgan fingerprint density at radius 2 is 2.21 bits per heavy atom. The molecule has 1 aliphatic rings. The van der Waals surface area contributed by atoms with Crippen LogP contribution in [0.25, 0.3) is 0 Å². The van der Waals surface area contributed by atoms with E-state index in [1.807, 2.05) is 24.3 Å². The van der Waals surface area contributed by atoms with E-state index in [-0.39, 0.29) is 23.1 Å². The topological polar surface area (TPSA) is 46.6 Å². The zero-order chi connectivity index (χ0) is 13.8. The van der Waals surface area contributed by atoms with Gasteiger partial charge in [0, 0.05) is 23.5 Å². The second kappa shape index (κ2) is 6.19. The molecule has 1 fully saturated rings. The van der Waals surface area contributed by atoms with Gasteiger partial charge in [-0.05, 0) is 18.6 Å². The van der Waals surface area contributed by atoms with Gasteiger partial charge in [0.15, 0.2) is 0 Å². The van der Waals surface area contributed by atoms with Gasteiger partial charge in [-0.15, -0.1) is 0 Å². The van der Waals surface area contributed by atoms with Crippen molar-refractivity contribution in [1.29, 1.82) is 0 Å². The van der Waals surface area contributed by atoms with Gasteiger partial charge in [0.1, 0.15) is 0 Å². The molecule has 5 heteroatoms. The summed E-state index contributed by atoms with van der Waals surface area (Å²) in [6.45, 7) is 2.79. The lowest BCUT2D eigenvalue weighted by atomic mass is 10.1. The molecule has 1 aromatic rings. The summed E-state index contributed by atoms with van der Waals surface area (Å²) in [6.07, 6.45) is 0.689. The highest BCUT2D eigenvalue weighted by molar-refractivity contribution is 9.09. The fourth-order valence-corrected chi connectivity index (χ4v) is 2.75. The number of nitrogens with zero attached hydrogens (tertiary/aromatic N) is 1. The lowest BCUT2D eigenvalue weighted by Gasteiger charge is -2.19. The summed E-state index contributed by atoms with van der Waals surface area (Å²) in [5.41, 5.74) is 1.64. The maximum absolute atomic E-state index is 11.9. The third kappa shape index (κ3) is 3.35. The first-order valence-electron chi connectivity index (χ1n) is 6.29. The van der Waals surface area contributed by atoms with Gasteiger partial charge in [0.2, 0.25) is 5.91 Å². The smallest absolute Gasteiger partial charge is 0.310 e. The van der Waals surface area contributed by atoms with Gasteiger partial charge in [-0.1, -0.05) is 34.1 Å². The number of carbonyl (C=O) groups is 2. The number of alkyl halides is 1. The number of anilines is 1. The van der Waals surface area contributed by atoms with Crippen LogP contribution in [-0.2, 0) is 20.7 Å². The van der Waals surface area contributed by atoms with Crippen molar-refractivity contribution in [2.45, 2.75) is 24.6 Å². The number of esters is 1. The van der Waals surface area contributed by atoms with E-state index in [4.69, 9.17) is 4.74 Å². The number of benzene rings is 1. The fourth-order valence-electron chi connectivity index (χ4n) is 2.19. The molecule has 1 unspecified atom stereocenters. The minimum absolute atomic E-state index is 0.0817. The van der Waals surface area contributed by atoms with Gasteiger partial charge < -0.3 is 9.64 Å². The average molecular weight is 326 g/mol. The fraction of sp³-hybridized carbons (Fsp3) is 0.429. The Kier molecular flexibility index (Phi) is 4.58. The molecule has 0 bridgehead atoms. The molecule has 1 amide bonds. The van der Waals surface area contributed by atoms with Crippen molar-refractivity contribution in [2.24, 2.45) is 0 Å². The van der Waals surface area contributed by atoms with Crippen molar-refractivity contribution in [2.75, 3.05) is 18.1 Å². The molecule has 1 aliphatic heterocycles. The molecule has 1 saturated heterocycles. The molecular formula is C14H16BrNO3. The number of hydrogen-bond acceptors (Lipinski definition) is 3. The lowest BCUT2D eigenvalue weighted by molar-refractivity contribution is -0.142. The van der Waals surface area contributed by atoms with Crippen LogP contribution in [0.3, 0.4) is 0 Å². The molecule has 0 saturated carbocycles. The summed E-state index contributed by atoms with van der Waals surface area (Å²) in [6, 6.07) is 7.47. The Hall–Kier alpha value is -1.36. The van der Waals surface area contributed by atoms with Crippen molar-refractivity contribution >= 4 is 33.5 Å². The molecule has 1 atom stereocenters. The van der Waals surface area contributed by atoms with E-state index in [1.54, 1.807) is 11.8 Å². The number of para-hydroxylation sites is 1. The Morgan fingerprint density at radius 3 is 2.84 bits per heavy atom. The molecule has 102 valence electrons. The Morgan fingerprint density at radius 1 is 1.47 bits per heavy atom. The number of halogens is 1. The van der Waals surface area contributed by atoms with E-state index in [1.165, 1.54) is 0 Å². The molecule has 0 aliphatic carbocycles. The highest BCUT2D eigenvalue weighted by Crippen LogP contribution is 2.28. The normalized spacial score (nSPS) is 18.7. The first-order valence-corrected chi connectivity index (χ1v) is 7.21. The summed E-state index contributed by atoms with van der Waals surface area (Å²) in [5, 5.41) is 0. The minimum atomic E-state index is -0.267. The van der Waals surface area contributed by atoms with Crippen LogP contribution in [0, 0.1) is 0 Å². The summed E-state index contributed by atoms with van der Waals surface area (Å²) in [5.74, 6) is -0.185. The summed E-state index contributed by atoms with van der Waals surface area (Å²) in [7, 11) is 0. The molecule has 4 nitrogen and oxygen atoms in total. The molecule has 19 heavy (non-hydrogen) atoms. The number of carbonyl (C=O) groups excluding carboxylic acids is 2. The largest absolute Gasteiger partial charge is 0.466 e. The van der Waals surface area contributed by atoms with Crippen molar-refractivity contribution in [3.05, 3.63) is 29.8 Å². The van der Waals surface area contributed by atoms with Gasteiger partial charge in [-0.25, -0.2) is 0 Å². The van der Waals surface area contributed by atoms with Crippen LogP contribution in [0.2, 0.25) is 0 Å². The van der Waals surface area contributed by atoms with Crippen LogP contribution >= 0.6 is 15.9 Å². The van der Waals surface area contributed by atoms with Crippen LogP contribution in [0.5, 0.6) is 0 Å². The maximum Gasteiger partial charge on any atom is 0.310 e. The average Bonchev–Trinajstić information content (AvgIpc) is 2.69. The van der Waals surface area contributed by atoms with E-state index in [2.05, 4.69) is 15.9 Å².